The molecule has 0 spiro atoms. The van der Waals surface area contributed by atoms with Gasteiger partial charge in [-0.25, -0.2) is 5.43 Å². The van der Waals surface area contributed by atoms with Crippen LogP contribution < -0.4 is 24.5 Å². The largest absolute Gasteiger partial charge is 0.497 e. The minimum Gasteiger partial charge on any atom is -0.497 e. The molecule has 2 amide bonds. The van der Waals surface area contributed by atoms with Crippen molar-refractivity contribution in [2.24, 2.45) is 11.0 Å². The molecule has 1 heterocycles. The molecule has 1 aliphatic heterocycles. The van der Waals surface area contributed by atoms with Gasteiger partial charge < -0.3 is 19.1 Å². The van der Waals surface area contributed by atoms with Crippen molar-refractivity contribution in [3.63, 3.8) is 0 Å². The minimum atomic E-state index is -0.479. The highest BCUT2D eigenvalue weighted by molar-refractivity contribution is 9.10. The van der Waals surface area contributed by atoms with Gasteiger partial charge in [-0.2, -0.15) is 5.10 Å². The van der Waals surface area contributed by atoms with Gasteiger partial charge in [0.05, 0.1) is 36.9 Å². The number of nitrogens with zero attached hydrogens (tertiary/aromatic N) is 2. The summed E-state index contributed by atoms with van der Waals surface area (Å²) in [6.45, 7) is 5.09. The second kappa shape index (κ2) is 11.0. The molecule has 0 radical (unpaired) electrons. The maximum absolute atomic E-state index is 12.6. The summed E-state index contributed by atoms with van der Waals surface area (Å²) in [4.78, 5) is 26.6. The minimum absolute atomic E-state index is 0.101. The molecule has 0 bridgehead atoms. The van der Waals surface area contributed by atoms with Gasteiger partial charge in [0.15, 0.2) is 11.5 Å². The Morgan fingerprint density at radius 2 is 1.94 bits per heavy atom. The van der Waals surface area contributed by atoms with Crippen molar-refractivity contribution in [2.75, 3.05) is 31.8 Å². The number of methoxy groups -OCH3 is 1. The fraction of sp³-hybridized carbons (Fsp3) is 0.348. The Balaban J connectivity index is 1.63. The lowest BCUT2D eigenvalue weighted by Gasteiger charge is -2.16. The smallest absolute Gasteiger partial charge is 0.245 e. The number of carbonyl (C=O) groups is 2. The van der Waals surface area contributed by atoms with E-state index in [1.54, 1.807) is 42.3 Å². The Hall–Kier alpha value is -3.07. The van der Waals surface area contributed by atoms with E-state index < -0.39 is 5.92 Å². The van der Waals surface area contributed by atoms with Crippen molar-refractivity contribution in [1.29, 1.82) is 0 Å². The molecule has 1 fully saturated rings. The fourth-order valence-electron chi connectivity index (χ4n) is 3.37. The van der Waals surface area contributed by atoms with Crippen LogP contribution in [0, 0.1) is 5.92 Å². The van der Waals surface area contributed by atoms with Crippen molar-refractivity contribution in [2.45, 2.75) is 20.3 Å². The van der Waals surface area contributed by atoms with Crippen LogP contribution in [0.1, 0.15) is 25.8 Å². The zero-order valence-electron chi connectivity index (χ0n) is 18.3. The first-order valence-electron chi connectivity index (χ1n) is 10.3. The summed E-state index contributed by atoms with van der Waals surface area (Å²) in [6, 6.07) is 10.8. The Kier molecular flexibility index (Phi) is 8.10. The molecule has 0 aromatic heterocycles. The van der Waals surface area contributed by atoms with Crippen LogP contribution >= 0.6 is 15.9 Å². The van der Waals surface area contributed by atoms with E-state index in [1.165, 1.54) is 6.21 Å². The molecular weight excluding hydrogens is 478 g/mol. The number of anilines is 1. The van der Waals surface area contributed by atoms with Crippen LogP contribution in [-0.2, 0) is 9.59 Å². The lowest BCUT2D eigenvalue weighted by molar-refractivity contribution is -0.126. The molecule has 1 atom stereocenters. The van der Waals surface area contributed by atoms with Crippen LogP contribution in [0.3, 0.4) is 0 Å². The predicted octanol–water partition coefficient (Wildman–Crippen LogP) is 3.76. The summed E-state index contributed by atoms with van der Waals surface area (Å²) in [5.74, 6) is 1.04. The molecule has 170 valence electrons. The maximum atomic E-state index is 12.6. The monoisotopic (exact) mass is 503 g/mol. The van der Waals surface area contributed by atoms with Gasteiger partial charge in [0.25, 0.3) is 0 Å². The zero-order valence-corrected chi connectivity index (χ0v) is 19.8. The average molecular weight is 504 g/mol. The van der Waals surface area contributed by atoms with E-state index in [1.807, 2.05) is 19.9 Å². The molecule has 0 unspecified atom stereocenters. The quantitative estimate of drug-likeness (QED) is 0.415. The number of hydrogen-bond donors (Lipinski definition) is 1. The molecule has 32 heavy (non-hydrogen) atoms. The van der Waals surface area contributed by atoms with Gasteiger partial charge in [-0.3, -0.25) is 9.59 Å². The summed E-state index contributed by atoms with van der Waals surface area (Å²) >= 11 is 3.48. The van der Waals surface area contributed by atoms with E-state index >= 15 is 0 Å². The zero-order chi connectivity index (χ0) is 23.1. The standard InChI is InChI=1S/C23H26BrN3O5/c1-4-31-20-11-15(10-19(24)22(20)32-5-2)13-25-26-23(29)16-12-21(28)27(14-16)17-6-8-18(30-3)9-7-17/h6-11,13,16H,4-5,12,14H2,1-3H3,(H,26,29)/b25-13+/t16-/m1/s1. The van der Waals surface area contributed by atoms with Crippen LogP contribution in [-0.4, -0.2) is 44.9 Å². The van der Waals surface area contributed by atoms with E-state index in [-0.39, 0.29) is 18.2 Å². The number of amides is 2. The summed E-state index contributed by atoms with van der Waals surface area (Å²) in [5, 5.41) is 4.06. The van der Waals surface area contributed by atoms with Crippen molar-refractivity contribution < 1.29 is 23.8 Å². The van der Waals surface area contributed by atoms with Gasteiger partial charge in [0, 0.05) is 18.7 Å². The summed E-state index contributed by atoms with van der Waals surface area (Å²) in [6.07, 6.45) is 1.66. The Morgan fingerprint density at radius 1 is 1.22 bits per heavy atom. The fourth-order valence-corrected chi connectivity index (χ4v) is 3.94. The van der Waals surface area contributed by atoms with Crippen molar-refractivity contribution in [3.8, 4) is 17.2 Å². The van der Waals surface area contributed by atoms with Gasteiger partial charge in [0.1, 0.15) is 5.75 Å². The molecule has 1 saturated heterocycles. The number of halogens is 1. The number of carbonyl (C=O) groups excluding carboxylic acids is 2. The topological polar surface area (TPSA) is 89.5 Å². The third kappa shape index (κ3) is 5.59. The van der Waals surface area contributed by atoms with E-state index in [0.29, 0.717) is 37.0 Å². The molecular formula is C23H26BrN3O5. The third-order valence-corrected chi connectivity index (χ3v) is 5.48. The first-order chi connectivity index (χ1) is 15.5. The van der Waals surface area contributed by atoms with Crippen molar-refractivity contribution in [3.05, 3.63) is 46.4 Å². The van der Waals surface area contributed by atoms with Gasteiger partial charge in [-0.05, 0) is 71.7 Å². The number of hydrogen-bond acceptors (Lipinski definition) is 6. The van der Waals surface area contributed by atoms with E-state index in [4.69, 9.17) is 14.2 Å². The molecule has 1 aliphatic rings. The molecule has 0 aliphatic carbocycles. The van der Waals surface area contributed by atoms with Crippen molar-refractivity contribution in [1.82, 2.24) is 5.43 Å². The molecule has 2 aromatic rings. The molecule has 1 N–H and O–H groups in total. The Morgan fingerprint density at radius 3 is 2.59 bits per heavy atom. The van der Waals surface area contributed by atoms with E-state index in [9.17, 15) is 9.59 Å². The summed E-state index contributed by atoms with van der Waals surface area (Å²) < 4.78 is 17.1. The number of nitrogens with one attached hydrogen (secondary N) is 1. The highest BCUT2D eigenvalue weighted by Crippen LogP contribution is 2.36. The molecule has 9 heteroatoms. The van der Waals surface area contributed by atoms with Gasteiger partial charge >= 0.3 is 0 Å². The van der Waals surface area contributed by atoms with E-state index in [2.05, 4.69) is 26.5 Å². The second-order valence-corrected chi connectivity index (χ2v) is 7.89. The maximum Gasteiger partial charge on any atom is 0.245 e. The SMILES string of the molecule is CCOc1cc(/C=N/NC(=O)[C@@H]2CC(=O)N(c3ccc(OC)cc3)C2)cc(Br)c1OCC. The lowest BCUT2D eigenvalue weighted by atomic mass is 10.1. The number of rotatable bonds is 9. The highest BCUT2D eigenvalue weighted by atomic mass is 79.9. The first kappa shape index (κ1) is 23.6. The number of ether oxygens (including phenoxy) is 3. The van der Waals surface area contributed by atoms with Crippen LogP contribution in [0.15, 0.2) is 46.0 Å². The molecule has 8 nitrogen and oxygen atoms in total. The van der Waals surface area contributed by atoms with Crippen LogP contribution in [0.4, 0.5) is 5.69 Å². The van der Waals surface area contributed by atoms with E-state index in [0.717, 1.165) is 15.7 Å². The molecule has 0 saturated carbocycles. The molecule has 2 aromatic carbocycles. The number of benzene rings is 2. The van der Waals surface area contributed by atoms with Crippen LogP contribution in [0.5, 0.6) is 17.2 Å². The van der Waals surface area contributed by atoms with Gasteiger partial charge in [-0.15, -0.1) is 0 Å². The van der Waals surface area contributed by atoms with Crippen LogP contribution in [0.2, 0.25) is 0 Å². The number of hydrazone groups is 1. The average Bonchev–Trinajstić information content (AvgIpc) is 3.18. The second-order valence-electron chi connectivity index (χ2n) is 7.03. The third-order valence-electron chi connectivity index (χ3n) is 4.89. The molecule has 3 rings (SSSR count). The summed E-state index contributed by atoms with van der Waals surface area (Å²) in [5.41, 5.74) is 4.00. The Labute approximate surface area is 195 Å². The lowest BCUT2D eigenvalue weighted by Crippen LogP contribution is -2.30. The Bertz CT molecular complexity index is 994. The van der Waals surface area contributed by atoms with Gasteiger partial charge in [-0.1, -0.05) is 0 Å². The highest BCUT2D eigenvalue weighted by Gasteiger charge is 2.35. The predicted molar refractivity (Wildman–Crippen MR) is 126 cm³/mol. The summed E-state index contributed by atoms with van der Waals surface area (Å²) in [7, 11) is 1.58. The first-order valence-corrected chi connectivity index (χ1v) is 11.1. The van der Waals surface area contributed by atoms with Crippen LogP contribution in [0.25, 0.3) is 0 Å². The normalized spacial score (nSPS) is 15.8. The van der Waals surface area contributed by atoms with Crippen molar-refractivity contribution >= 4 is 39.6 Å². The van der Waals surface area contributed by atoms with Gasteiger partial charge in [0.2, 0.25) is 11.8 Å².